The zero-order chi connectivity index (χ0) is 8.72. The molecule has 0 saturated carbocycles. The highest BCUT2D eigenvalue weighted by atomic mass is 127. The van der Waals surface area contributed by atoms with Crippen molar-refractivity contribution in [2.75, 3.05) is 0 Å². The fourth-order valence-electron chi connectivity index (χ4n) is 1.07. The molecule has 12 heavy (non-hydrogen) atoms. The minimum atomic E-state index is 0.788. The fraction of sp³-hybridized carbons (Fsp3) is 0.286. The van der Waals surface area contributed by atoms with E-state index < -0.39 is 0 Å². The number of nitrogens with zero attached hydrogens (tertiary/aromatic N) is 4. The third kappa shape index (κ3) is 1.08. The van der Waals surface area contributed by atoms with Gasteiger partial charge in [-0.2, -0.15) is 0 Å². The lowest BCUT2D eigenvalue weighted by molar-refractivity contribution is 0.918. The molecule has 0 saturated heterocycles. The van der Waals surface area contributed by atoms with Crippen LogP contribution < -0.4 is 0 Å². The summed E-state index contributed by atoms with van der Waals surface area (Å²) in [6.07, 6.45) is 1.75. The van der Waals surface area contributed by atoms with Crippen LogP contribution in [0, 0.1) is 10.6 Å². The standard InChI is InChI=1S/C7H7IN4/c1-4-10-6(8)5-7(11-4)12(2)3-9-5/h3H,1-2H3. The molecule has 4 nitrogen and oxygen atoms in total. The number of aryl methyl sites for hydroxylation is 2. The average molecular weight is 274 g/mol. The van der Waals surface area contributed by atoms with Crippen molar-refractivity contribution in [1.82, 2.24) is 19.5 Å². The monoisotopic (exact) mass is 274 g/mol. The lowest BCUT2D eigenvalue weighted by Crippen LogP contribution is -1.95. The second kappa shape index (κ2) is 2.65. The molecule has 0 amide bonds. The van der Waals surface area contributed by atoms with E-state index in [0.29, 0.717) is 0 Å². The van der Waals surface area contributed by atoms with Crippen molar-refractivity contribution in [3.8, 4) is 0 Å². The van der Waals surface area contributed by atoms with E-state index in [1.54, 1.807) is 6.33 Å². The highest BCUT2D eigenvalue weighted by Crippen LogP contribution is 2.14. The van der Waals surface area contributed by atoms with Crippen molar-refractivity contribution in [2.45, 2.75) is 6.92 Å². The van der Waals surface area contributed by atoms with Crippen LogP contribution in [0.4, 0.5) is 0 Å². The molecule has 2 aromatic rings. The maximum absolute atomic E-state index is 4.28. The summed E-state index contributed by atoms with van der Waals surface area (Å²) in [7, 11) is 1.93. The summed E-state index contributed by atoms with van der Waals surface area (Å²) in [6, 6.07) is 0. The Morgan fingerprint density at radius 3 is 2.92 bits per heavy atom. The number of halogens is 1. The minimum Gasteiger partial charge on any atom is -0.318 e. The van der Waals surface area contributed by atoms with E-state index in [-0.39, 0.29) is 0 Å². The maximum Gasteiger partial charge on any atom is 0.164 e. The topological polar surface area (TPSA) is 43.6 Å². The third-order valence-electron chi connectivity index (χ3n) is 1.63. The highest BCUT2D eigenvalue weighted by Gasteiger charge is 2.06. The van der Waals surface area contributed by atoms with E-state index in [1.165, 1.54) is 0 Å². The predicted octanol–water partition coefficient (Wildman–Crippen LogP) is 1.28. The van der Waals surface area contributed by atoms with E-state index >= 15 is 0 Å². The summed E-state index contributed by atoms with van der Waals surface area (Å²) in [4.78, 5) is 12.7. The Labute approximate surface area is 83.2 Å². The molecule has 5 heteroatoms. The Kier molecular flexibility index (Phi) is 1.75. The summed E-state index contributed by atoms with van der Waals surface area (Å²) in [5, 5.41) is 0. The number of fused-ring (bicyclic) bond motifs is 1. The number of hydrogen-bond acceptors (Lipinski definition) is 3. The smallest absolute Gasteiger partial charge is 0.164 e. The van der Waals surface area contributed by atoms with Gasteiger partial charge in [0.05, 0.1) is 6.33 Å². The molecular formula is C7H7IN4. The number of aromatic nitrogens is 4. The average Bonchev–Trinajstić information content (AvgIpc) is 2.33. The molecular weight excluding hydrogens is 267 g/mol. The Bertz CT molecular complexity index is 434. The molecule has 0 atom stereocenters. The number of rotatable bonds is 0. The first-order chi connectivity index (χ1) is 5.68. The lowest BCUT2D eigenvalue weighted by Gasteiger charge is -1.96. The normalized spacial score (nSPS) is 10.9. The van der Waals surface area contributed by atoms with Crippen molar-refractivity contribution in [2.24, 2.45) is 7.05 Å². The van der Waals surface area contributed by atoms with Crippen molar-refractivity contribution in [1.29, 1.82) is 0 Å². The van der Waals surface area contributed by atoms with Gasteiger partial charge in [0.25, 0.3) is 0 Å². The van der Waals surface area contributed by atoms with Crippen molar-refractivity contribution < 1.29 is 0 Å². The molecule has 0 aliphatic heterocycles. The molecule has 62 valence electrons. The van der Waals surface area contributed by atoms with Crippen molar-refractivity contribution in [3.63, 3.8) is 0 Å². The molecule has 0 aliphatic carbocycles. The first-order valence-electron chi connectivity index (χ1n) is 3.49. The number of imidazole rings is 1. The maximum atomic E-state index is 4.28. The third-order valence-corrected chi connectivity index (χ3v) is 2.38. The van der Waals surface area contributed by atoms with Gasteiger partial charge in [0, 0.05) is 7.05 Å². The highest BCUT2D eigenvalue weighted by molar-refractivity contribution is 14.1. The van der Waals surface area contributed by atoms with Gasteiger partial charge in [-0.3, -0.25) is 0 Å². The van der Waals surface area contributed by atoms with Gasteiger partial charge < -0.3 is 4.57 Å². The van der Waals surface area contributed by atoms with Gasteiger partial charge in [-0.25, -0.2) is 15.0 Å². The van der Waals surface area contributed by atoms with Crippen LogP contribution in [0.1, 0.15) is 5.82 Å². The fourth-order valence-corrected chi connectivity index (χ4v) is 1.80. The molecule has 0 aromatic carbocycles. The van der Waals surface area contributed by atoms with Gasteiger partial charge in [0.1, 0.15) is 15.0 Å². The van der Waals surface area contributed by atoms with Gasteiger partial charge in [0.15, 0.2) is 5.65 Å². The van der Waals surface area contributed by atoms with E-state index in [1.807, 2.05) is 18.5 Å². The van der Waals surface area contributed by atoms with Gasteiger partial charge in [0.2, 0.25) is 0 Å². The summed E-state index contributed by atoms with van der Waals surface area (Å²) < 4.78 is 2.81. The Morgan fingerprint density at radius 2 is 2.17 bits per heavy atom. The van der Waals surface area contributed by atoms with Crippen LogP contribution in [0.5, 0.6) is 0 Å². The van der Waals surface area contributed by atoms with Crippen LogP contribution in [0.3, 0.4) is 0 Å². The van der Waals surface area contributed by atoms with Crippen LogP contribution in [0.15, 0.2) is 6.33 Å². The van der Waals surface area contributed by atoms with Crippen LogP contribution in [0.2, 0.25) is 0 Å². The number of hydrogen-bond donors (Lipinski definition) is 0. The van der Waals surface area contributed by atoms with Crippen LogP contribution in [-0.2, 0) is 7.05 Å². The SMILES string of the molecule is Cc1nc(I)c2ncn(C)c2n1. The van der Waals surface area contributed by atoms with Gasteiger partial charge >= 0.3 is 0 Å². The van der Waals surface area contributed by atoms with E-state index in [0.717, 1.165) is 20.7 Å². The molecule has 0 spiro atoms. The molecule has 0 fully saturated rings. The van der Waals surface area contributed by atoms with Crippen LogP contribution in [0.25, 0.3) is 11.2 Å². The second-order valence-electron chi connectivity index (χ2n) is 2.59. The molecule has 0 N–H and O–H groups in total. The molecule has 0 radical (unpaired) electrons. The summed E-state index contributed by atoms with van der Waals surface area (Å²) in [5.74, 6) is 0.788. The quantitative estimate of drug-likeness (QED) is 0.537. The van der Waals surface area contributed by atoms with E-state index in [2.05, 4.69) is 37.5 Å². The first kappa shape index (κ1) is 7.90. The molecule has 0 aliphatic rings. The molecule has 0 bridgehead atoms. The van der Waals surface area contributed by atoms with Crippen LogP contribution in [-0.4, -0.2) is 19.5 Å². The Morgan fingerprint density at radius 1 is 1.42 bits per heavy atom. The second-order valence-corrected chi connectivity index (χ2v) is 3.61. The zero-order valence-electron chi connectivity index (χ0n) is 6.74. The molecule has 2 aromatic heterocycles. The van der Waals surface area contributed by atoms with Gasteiger partial charge in [-0.05, 0) is 29.5 Å². The minimum absolute atomic E-state index is 0.788. The van der Waals surface area contributed by atoms with Gasteiger partial charge in [-0.1, -0.05) is 0 Å². The largest absolute Gasteiger partial charge is 0.318 e. The Balaban J connectivity index is 2.92. The molecule has 0 unspecified atom stereocenters. The Hall–Kier alpha value is -0.720. The summed E-state index contributed by atoms with van der Waals surface area (Å²) in [5.41, 5.74) is 1.77. The first-order valence-corrected chi connectivity index (χ1v) is 4.57. The molecule has 2 heterocycles. The van der Waals surface area contributed by atoms with Crippen molar-refractivity contribution >= 4 is 33.8 Å². The summed E-state index contributed by atoms with van der Waals surface area (Å²) >= 11 is 2.17. The lowest BCUT2D eigenvalue weighted by atomic mass is 10.5. The van der Waals surface area contributed by atoms with Crippen molar-refractivity contribution in [3.05, 3.63) is 15.9 Å². The van der Waals surface area contributed by atoms with Gasteiger partial charge in [-0.15, -0.1) is 0 Å². The predicted molar refractivity (Wildman–Crippen MR) is 53.8 cm³/mol. The molecule has 2 rings (SSSR count). The summed E-state index contributed by atoms with van der Waals surface area (Å²) in [6.45, 7) is 1.88. The zero-order valence-corrected chi connectivity index (χ0v) is 8.90. The van der Waals surface area contributed by atoms with E-state index in [9.17, 15) is 0 Å². The van der Waals surface area contributed by atoms with E-state index in [4.69, 9.17) is 0 Å². The van der Waals surface area contributed by atoms with Crippen LogP contribution >= 0.6 is 22.6 Å².